The van der Waals surface area contributed by atoms with Gasteiger partial charge in [-0.1, -0.05) is 0 Å². The van der Waals surface area contributed by atoms with Crippen LogP contribution in [-0.4, -0.2) is 49.5 Å². The summed E-state index contributed by atoms with van der Waals surface area (Å²) in [5.74, 6) is 0. The van der Waals surface area contributed by atoms with Gasteiger partial charge in [0, 0.05) is 32.4 Å². The van der Waals surface area contributed by atoms with E-state index in [9.17, 15) is 23.6 Å². The van der Waals surface area contributed by atoms with E-state index in [1.165, 1.54) is 26.1 Å². The van der Waals surface area contributed by atoms with Gasteiger partial charge in [0.25, 0.3) is 5.69 Å². The average molecular weight is 303 g/mol. The maximum atomic E-state index is 12.3. The third-order valence-corrected chi connectivity index (χ3v) is 4.52. The van der Waals surface area contributed by atoms with Crippen molar-refractivity contribution in [2.75, 3.05) is 26.0 Å². The van der Waals surface area contributed by atoms with E-state index in [-0.39, 0.29) is 6.54 Å². The molecule has 1 unspecified atom stereocenters. The Labute approximate surface area is 117 Å². The Balaban J connectivity index is 3.34. The first-order chi connectivity index (χ1) is 9.20. The van der Waals surface area contributed by atoms with Gasteiger partial charge in [-0.05, 0) is 19.1 Å². The van der Waals surface area contributed by atoms with Crippen LogP contribution >= 0.6 is 0 Å². The molecule has 8 nitrogen and oxygen atoms in total. The number of hydrogen-bond acceptors (Lipinski definition) is 6. The maximum absolute atomic E-state index is 12.3. The summed E-state index contributed by atoms with van der Waals surface area (Å²) >= 11 is 0. The highest BCUT2D eigenvalue weighted by Gasteiger charge is 2.30. The van der Waals surface area contributed by atoms with Gasteiger partial charge >= 0.3 is 0 Å². The largest absolute Gasteiger partial charge is 0.392 e. The summed E-state index contributed by atoms with van der Waals surface area (Å²) < 4.78 is 25.5. The first kappa shape index (κ1) is 16.3. The molecule has 112 valence electrons. The molecule has 0 aromatic heterocycles. The topological polar surface area (TPSA) is 113 Å². The van der Waals surface area contributed by atoms with Crippen LogP contribution in [0.1, 0.15) is 6.92 Å². The number of sulfonamides is 1. The summed E-state index contributed by atoms with van der Waals surface area (Å²) in [6, 6.07) is 3.77. The quantitative estimate of drug-likeness (QED) is 0.589. The molecule has 0 fully saturated rings. The monoisotopic (exact) mass is 303 g/mol. The minimum Gasteiger partial charge on any atom is -0.392 e. The predicted octanol–water partition coefficient (Wildman–Crippen LogP) is 0.638. The molecule has 20 heavy (non-hydrogen) atoms. The van der Waals surface area contributed by atoms with Crippen LogP contribution in [-0.2, 0) is 10.0 Å². The van der Waals surface area contributed by atoms with Crippen LogP contribution in [0.4, 0.5) is 11.4 Å². The van der Waals surface area contributed by atoms with E-state index < -0.39 is 31.6 Å². The van der Waals surface area contributed by atoms with Gasteiger partial charge in [0.1, 0.15) is 0 Å². The third-order valence-electron chi connectivity index (χ3n) is 2.65. The van der Waals surface area contributed by atoms with Crippen LogP contribution < -0.4 is 5.32 Å². The maximum Gasteiger partial charge on any atom is 0.291 e. The molecule has 0 aliphatic heterocycles. The second-order valence-electron chi connectivity index (χ2n) is 4.32. The van der Waals surface area contributed by atoms with Crippen molar-refractivity contribution in [2.24, 2.45) is 0 Å². The highest BCUT2D eigenvalue weighted by atomic mass is 32.2. The average Bonchev–Trinajstić information content (AvgIpc) is 2.36. The lowest BCUT2D eigenvalue weighted by Crippen LogP contribution is -2.33. The van der Waals surface area contributed by atoms with E-state index in [2.05, 4.69) is 5.32 Å². The zero-order valence-corrected chi connectivity index (χ0v) is 12.2. The molecule has 9 heteroatoms. The van der Waals surface area contributed by atoms with Gasteiger partial charge in [-0.25, -0.2) is 8.42 Å². The molecule has 0 bridgehead atoms. The van der Waals surface area contributed by atoms with Crippen molar-refractivity contribution in [2.45, 2.75) is 17.9 Å². The van der Waals surface area contributed by atoms with Gasteiger partial charge in [-0.3, -0.25) is 10.1 Å². The molecule has 0 spiro atoms. The van der Waals surface area contributed by atoms with E-state index in [1.54, 1.807) is 7.05 Å². The molecule has 0 amide bonds. The van der Waals surface area contributed by atoms with Crippen LogP contribution in [0.2, 0.25) is 0 Å². The number of likely N-dealkylation sites (N-methyl/N-ethyl adjacent to an activating group) is 1. The number of nitrogens with zero attached hydrogens (tertiary/aromatic N) is 2. The molecule has 0 saturated carbocycles. The minimum atomic E-state index is -4.03. The molecule has 2 N–H and O–H groups in total. The fourth-order valence-corrected chi connectivity index (χ4v) is 3.06. The standard InChI is InChI=1S/C11H17N3O5S/c1-8(15)7-13(3)20(18,19)11-5-4-9(12-2)6-10(11)14(16)17/h4-6,8,12,15H,7H2,1-3H3. The molecule has 1 aromatic rings. The highest BCUT2D eigenvalue weighted by molar-refractivity contribution is 7.89. The van der Waals surface area contributed by atoms with Crippen molar-refractivity contribution in [1.29, 1.82) is 0 Å². The molecular formula is C11H17N3O5S. The van der Waals surface area contributed by atoms with Gasteiger partial charge in [-0.2, -0.15) is 4.31 Å². The summed E-state index contributed by atoms with van der Waals surface area (Å²) in [4.78, 5) is 9.88. The van der Waals surface area contributed by atoms with Crippen molar-refractivity contribution < 1.29 is 18.4 Å². The molecule has 0 saturated heterocycles. The lowest BCUT2D eigenvalue weighted by atomic mass is 10.3. The molecular weight excluding hydrogens is 286 g/mol. The van der Waals surface area contributed by atoms with Crippen LogP contribution in [0.3, 0.4) is 0 Å². The van der Waals surface area contributed by atoms with Crippen LogP contribution in [0.5, 0.6) is 0 Å². The Bertz CT molecular complexity index is 600. The lowest BCUT2D eigenvalue weighted by molar-refractivity contribution is -0.387. The second-order valence-corrected chi connectivity index (χ2v) is 6.34. The number of nitrogens with one attached hydrogen (secondary N) is 1. The Hall–Kier alpha value is -1.71. The Morgan fingerprint density at radius 3 is 2.55 bits per heavy atom. The van der Waals surface area contributed by atoms with Gasteiger partial charge < -0.3 is 10.4 Å². The number of nitro benzene ring substituents is 1. The Morgan fingerprint density at radius 2 is 2.10 bits per heavy atom. The summed E-state index contributed by atoms with van der Waals surface area (Å²) in [6.07, 6.45) is -0.870. The lowest BCUT2D eigenvalue weighted by Gasteiger charge is -2.18. The third kappa shape index (κ3) is 3.44. The van der Waals surface area contributed by atoms with Gasteiger partial charge in [0.15, 0.2) is 4.90 Å². The second kappa shape index (κ2) is 6.16. The number of aliphatic hydroxyl groups excluding tert-OH is 1. The van der Waals surface area contributed by atoms with Crippen molar-refractivity contribution in [3.63, 3.8) is 0 Å². The summed E-state index contributed by atoms with van der Waals surface area (Å²) in [5.41, 5.74) is -0.0666. The van der Waals surface area contributed by atoms with Gasteiger partial charge in [0.05, 0.1) is 11.0 Å². The summed E-state index contributed by atoms with van der Waals surface area (Å²) in [7, 11) is -1.19. The van der Waals surface area contributed by atoms with Crippen molar-refractivity contribution in [1.82, 2.24) is 4.31 Å². The summed E-state index contributed by atoms with van der Waals surface area (Å²) in [5, 5.41) is 23.0. The number of anilines is 1. The van der Waals surface area contributed by atoms with E-state index >= 15 is 0 Å². The Morgan fingerprint density at radius 1 is 1.50 bits per heavy atom. The molecule has 1 aromatic carbocycles. The molecule has 1 atom stereocenters. The number of rotatable bonds is 6. The van der Waals surface area contributed by atoms with Crippen LogP contribution in [0, 0.1) is 10.1 Å². The molecule has 1 rings (SSSR count). The van der Waals surface area contributed by atoms with Crippen molar-refractivity contribution in [3.8, 4) is 0 Å². The van der Waals surface area contributed by atoms with E-state index in [0.717, 1.165) is 10.4 Å². The van der Waals surface area contributed by atoms with Gasteiger partial charge in [0.2, 0.25) is 10.0 Å². The normalized spacial score (nSPS) is 13.2. The fraction of sp³-hybridized carbons (Fsp3) is 0.455. The van der Waals surface area contributed by atoms with Gasteiger partial charge in [-0.15, -0.1) is 0 Å². The Kier molecular flexibility index (Phi) is 5.03. The zero-order chi connectivity index (χ0) is 15.5. The highest BCUT2D eigenvalue weighted by Crippen LogP contribution is 2.29. The van der Waals surface area contributed by atoms with Crippen LogP contribution in [0.25, 0.3) is 0 Å². The number of hydrogen-bond donors (Lipinski definition) is 2. The summed E-state index contributed by atoms with van der Waals surface area (Å²) in [6.45, 7) is 1.29. The van der Waals surface area contributed by atoms with E-state index in [1.807, 2.05) is 0 Å². The zero-order valence-electron chi connectivity index (χ0n) is 11.4. The SMILES string of the molecule is CNc1ccc(S(=O)(=O)N(C)CC(C)O)c([N+](=O)[O-])c1. The first-order valence-corrected chi connectivity index (χ1v) is 7.24. The first-order valence-electron chi connectivity index (χ1n) is 5.80. The number of nitro groups is 1. The number of benzene rings is 1. The number of aliphatic hydroxyl groups is 1. The van der Waals surface area contributed by atoms with Crippen molar-refractivity contribution in [3.05, 3.63) is 28.3 Å². The van der Waals surface area contributed by atoms with Crippen LogP contribution in [0.15, 0.2) is 23.1 Å². The molecule has 0 aliphatic carbocycles. The molecule has 0 aliphatic rings. The fourth-order valence-electron chi connectivity index (χ4n) is 1.67. The minimum absolute atomic E-state index is 0.146. The molecule has 0 heterocycles. The van der Waals surface area contributed by atoms with E-state index in [0.29, 0.717) is 5.69 Å². The van der Waals surface area contributed by atoms with Crippen molar-refractivity contribution >= 4 is 21.4 Å². The smallest absolute Gasteiger partial charge is 0.291 e. The van der Waals surface area contributed by atoms with E-state index in [4.69, 9.17) is 0 Å². The molecule has 0 radical (unpaired) electrons. The predicted molar refractivity (Wildman–Crippen MR) is 74.1 cm³/mol.